The molecule has 2 saturated heterocycles. The molecule has 2 fully saturated rings. The molecule has 0 amide bonds. The third-order valence-corrected chi connectivity index (χ3v) is 5.55. The fraction of sp³-hybridized carbons (Fsp3) is 0.667. The van der Waals surface area contributed by atoms with Crippen molar-refractivity contribution in [2.75, 3.05) is 51.3 Å². The van der Waals surface area contributed by atoms with E-state index in [-0.39, 0.29) is 42.0 Å². The number of anilines is 1. The summed E-state index contributed by atoms with van der Waals surface area (Å²) >= 11 is 0. The molecule has 2 aliphatic rings. The molecular weight excluding hydrogens is 486 g/mol. The number of morpholine rings is 1. The average Bonchev–Trinajstić information content (AvgIpc) is 3.26. The molecule has 164 valence electrons. The van der Waals surface area contributed by atoms with Gasteiger partial charge in [0.15, 0.2) is 5.96 Å². The first-order valence-corrected chi connectivity index (χ1v) is 10.4. The van der Waals surface area contributed by atoms with Crippen molar-refractivity contribution in [3.05, 3.63) is 29.6 Å². The first-order valence-electron chi connectivity index (χ1n) is 10.4. The summed E-state index contributed by atoms with van der Waals surface area (Å²) in [5.74, 6) is 0.641. The Bertz CT molecular complexity index is 666. The highest BCUT2D eigenvalue weighted by atomic mass is 127. The maximum atomic E-state index is 14.5. The molecule has 1 N–H and O–H groups in total. The summed E-state index contributed by atoms with van der Waals surface area (Å²) in [7, 11) is 1.78. The number of hydrogen-bond acceptors (Lipinski definition) is 4. The minimum atomic E-state index is -0.178. The van der Waals surface area contributed by atoms with Crippen LogP contribution in [0.2, 0.25) is 0 Å². The molecule has 0 spiro atoms. The first-order chi connectivity index (χ1) is 13.7. The quantitative estimate of drug-likeness (QED) is 0.355. The lowest BCUT2D eigenvalue weighted by Gasteiger charge is -2.37. The van der Waals surface area contributed by atoms with Gasteiger partial charge in [0.1, 0.15) is 11.9 Å². The summed E-state index contributed by atoms with van der Waals surface area (Å²) < 4.78 is 26.2. The SMILES string of the molecule is CCN(CC)c1ccc(CNC(=NC)N2CCOC(C3CCCO3)C2)cc1F.I. The fourth-order valence-electron chi connectivity index (χ4n) is 3.98. The Hall–Kier alpha value is -1.13. The highest BCUT2D eigenvalue weighted by Crippen LogP contribution is 2.22. The fourth-order valence-corrected chi connectivity index (χ4v) is 3.98. The van der Waals surface area contributed by atoms with Crippen LogP contribution >= 0.6 is 24.0 Å². The molecule has 1 aromatic carbocycles. The van der Waals surface area contributed by atoms with Crippen LogP contribution in [0.3, 0.4) is 0 Å². The Morgan fingerprint density at radius 2 is 2.00 bits per heavy atom. The van der Waals surface area contributed by atoms with Crippen LogP contribution in [0.1, 0.15) is 32.3 Å². The van der Waals surface area contributed by atoms with E-state index in [1.807, 2.05) is 30.9 Å². The van der Waals surface area contributed by atoms with Gasteiger partial charge in [0.05, 0.1) is 18.4 Å². The van der Waals surface area contributed by atoms with Crippen molar-refractivity contribution >= 4 is 35.6 Å². The number of benzene rings is 1. The molecule has 3 rings (SSSR count). The summed E-state index contributed by atoms with van der Waals surface area (Å²) in [4.78, 5) is 8.64. The zero-order chi connectivity index (χ0) is 19.9. The smallest absolute Gasteiger partial charge is 0.194 e. The number of ether oxygens (including phenoxy) is 2. The van der Waals surface area contributed by atoms with Gasteiger partial charge >= 0.3 is 0 Å². The van der Waals surface area contributed by atoms with Crippen molar-refractivity contribution in [1.82, 2.24) is 10.2 Å². The number of nitrogens with zero attached hydrogens (tertiary/aromatic N) is 3. The Kier molecular flexibility index (Phi) is 9.91. The Labute approximate surface area is 190 Å². The molecule has 0 radical (unpaired) electrons. The van der Waals surface area contributed by atoms with Gasteiger partial charge in [0, 0.05) is 46.4 Å². The summed E-state index contributed by atoms with van der Waals surface area (Å²) in [5.41, 5.74) is 1.56. The van der Waals surface area contributed by atoms with Crippen LogP contribution in [0, 0.1) is 5.82 Å². The topological polar surface area (TPSA) is 49.3 Å². The molecule has 2 heterocycles. The second-order valence-corrected chi connectivity index (χ2v) is 7.27. The van der Waals surface area contributed by atoms with Crippen LogP contribution in [-0.2, 0) is 16.0 Å². The minimum absolute atomic E-state index is 0. The summed E-state index contributed by atoms with van der Waals surface area (Å²) in [5, 5.41) is 3.37. The number of guanidine groups is 1. The van der Waals surface area contributed by atoms with Crippen LogP contribution in [0.5, 0.6) is 0 Å². The molecular formula is C21H34FIN4O2. The summed E-state index contributed by atoms with van der Waals surface area (Å²) in [6.45, 7) is 9.23. The van der Waals surface area contributed by atoms with Crippen LogP contribution in [0.15, 0.2) is 23.2 Å². The van der Waals surface area contributed by atoms with E-state index in [0.29, 0.717) is 18.8 Å². The molecule has 8 heteroatoms. The van der Waals surface area contributed by atoms with Crippen LogP contribution in [0.4, 0.5) is 10.1 Å². The predicted octanol–water partition coefficient (Wildman–Crippen LogP) is 3.25. The van der Waals surface area contributed by atoms with Gasteiger partial charge in [-0.2, -0.15) is 0 Å². The Morgan fingerprint density at radius 1 is 1.24 bits per heavy atom. The molecule has 0 aliphatic carbocycles. The molecule has 2 unspecified atom stereocenters. The van der Waals surface area contributed by atoms with Gasteiger partial charge < -0.3 is 24.6 Å². The monoisotopic (exact) mass is 520 g/mol. The molecule has 0 saturated carbocycles. The maximum Gasteiger partial charge on any atom is 0.194 e. The van der Waals surface area contributed by atoms with E-state index < -0.39 is 0 Å². The van der Waals surface area contributed by atoms with Crippen molar-refractivity contribution in [2.45, 2.75) is 45.4 Å². The van der Waals surface area contributed by atoms with Crippen molar-refractivity contribution in [1.29, 1.82) is 0 Å². The number of halogens is 2. The molecule has 2 atom stereocenters. The van der Waals surface area contributed by atoms with Gasteiger partial charge in [-0.25, -0.2) is 4.39 Å². The van der Waals surface area contributed by atoms with E-state index in [1.54, 1.807) is 13.1 Å². The van der Waals surface area contributed by atoms with Gasteiger partial charge in [-0.1, -0.05) is 6.07 Å². The second kappa shape index (κ2) is 11.9. The van der Waals surface area contributed by atoms with E-state index in [9.17, 15) is 4.39 Å². The zero-order valence-corrected chi connectivity index (χ0v) is 20.0. The lowest BCUT2D eigenvalue weighted by Crippen LogP contribution is -2.53. The number of nitrogens with one attached hydrogen (secondary N) is 1. The first kappa shape index (κ1) is 24.1. The third kappa shape index (κ3) is 6.18. The number of hydrogen-bond donors (Lipinski definition) is 1. The van der Waals surface area contributed by atoms with Crippen molar-refractivity contribution in [3.8, 4) is 0 Å². The zero-order valence-electron chi connectivity index (χ0n) is 17.7. The van der Waals surface area contributed by atoms with Gasteiger partial charge in [-0.15, -0.1) is 24.0 Å². The van der Waals surface area contributed by atoms with E-state index in [2.05, 4.69) is 15.2 Å². The molecule has 0 aromatic heterocycles. The standard InChI is InChI=1S/C21H33FN4O2.HI/c1-4-25(5-2)18-9-8-16(13-17(18)22)14-24-21(23-3)26-10-12-28-20(15-26)19-7-6-11-27-19;/h8-9,13,19-20H,4-7,10-12,14-15H2,1-3H3,(H,23,24);1H. The van der Waals surface area contributed by atoms with Gasteiger partial charge in [0.2, 0.25) is 0 Å². The van der Waals surface area contributed by atoms with Crippen LogP contribution < -0.4 is 10.2 Å². The maximum absolute atomic E-state index is 14.5. The van der Waals surface area contributed by atoms with Crippen molar-refractivity contribution in [2.24, 2.45) is 4.99 Å². The number of rotatable bonds is 6. The lowest BCUT2D eigenvalue weighted by molar-refractivity contribution is -0.0817. The van der Waals surface area contributed by atoms with Crippen LogP contribution in [-0.4, -0.2) is 69.5 Å². The molecule has 6 nitrogen and oxygen atoms in total. The Morgan fingerprint density at radius 3 is 2.62 bits per heavy atom. The molecule has 0 bridgehead atoms. The predicted molar refractivity (Wildman–Crippen MR) is 126 cm³/mol. The molecule has 29 heavy (non-hydrogen) atoms. The van der Waals surface area contributed by atoms with Gasteiger partial charge in [0.25, 0.3) is 0 Å². The highest BCUT2D eigenvalue weighted by molar-refractivity contribution is 14.0. The van der Waals surface area contributed by atoms with Gasteiger partial charge in [-0.05, 0) is 44.4 Å². The minimum Gasteiger partial charge on any atom is -0.375 e. The van der Waals surface area contributed by atoms with E-state index in [0.717, 1.165) is 57.2 Å². The largest absolute Gasteiger partial charge is 0.375 e. The average molecular weight is 520 g/mol. The second-order valence-electron chi connectivity index (χ2n) is 7.27. The lowest BCUT2D eigenvalue weighted by atomic mass is 10.1. The molecule has 1 aromatic rings. The van der Waals surface area contributed by atoms with Crippen molar-refractivity contribution < 1.29 is 13.9 Å². The highest BCUT2D eigenvalue weighted by Gasteiger charge is 2.32. The summed E-state index contributed by atoms with van der Waals surface area (Å²) in [6, 6.07) is 5.46. The Balaban J connectivity index is 0.00000300. The normalized spacial score (nSPS) is 22.3. The van der Waals surface area contributed by atoms with E-state index >= 15 is 0 Å². The van der Waals surface area contributed by atoms with Crippen LogP contribution in [0.25, 0.3) is 0 Å². The van der Waals surface area contributed by atoms with E-state index in [1.165, 1.54) is 0 Å². The summed E-state index contributed by atoms with van der Waals surface area (Å²) in [6.07, 6.45) is 2.43. The molecule has 2 aliphatic heterocycles. The van der Waals surface area contributed by atoms with Gasteiger partial charge in [-0.3, -0.25) is 4.99 Å². The number of aliphatic imine (C=N–C) groups is 1. The van der Waals surface area contributed by atoms with E-state index in [4.69, 9.17) is 9.47 Å². The third-order valence-electron chi connectivity index (χ3n) is 5.55. The van der Waals surface area contributed by atoms with Crippen molar-refractivity contribution in [3.63, 3.8) is 0 Å².